The molecular formula is C24H20F3NO3. The van der Waals surface area contributed by atoms with Gasteiger partial charge in [0.1, 0.15) is 11.9 Å². The summed E-state index contributed by atoms with van der Waals surface area (Å²) in [4.78, 5) is 13.0. The lowest BCUT2D eigenvalue weighted by molar-refractivity contribution is -0.137. The zero-order valence-corrected chi connectivity index (χ0v) is 16.5. The van der Waals surface area contributed by atoms with Gasteiger partial charge in [-0.2, -0.15) is 13.2 Å². The summed E-state index contributed by atoms with van der Waals surface area (Å²) in [5.41, 5.74) is 1.35. The summed E-state index contributed by atoms with van der Waals surface area (Å²) in [6.45, 7) is 0.315. The van der Waals surface area contributed by atoms with Crippen molar-refractivity contribution < 1.29 is 27.8 Å². The molecule has 1 amide bonds. The molecule has 1 atom stereocenters. The summed E-state index contributed by atoms with van der Waals surface area (Å²) >= 11 is 0. The van der Waals surface area contributed by atoms with Gasteiger partial charge in [-0.15, -0.1) is 0 Å². The molecule has 4 nitrogen and oxygen atoms in total. The highest BCUT2D eigenvalue weighted by molar-refractivity contribution is 5.74. The van der Waals surface area contributed by atoms with Gasteiger partial charge in [0, 0.05) is 18.5 Å². The number of fused-ring (bicyclic) bond motifs is 1. The molecule has 0 saturated heterocycles. The number of ether oxygens (including phenoxy) is 1. The normalized spacial score (nSPS) is 15.3. The van der Waals surface area contributed by atoms with Crippen LogP contribution in [0.3, 0.4) is 0 Å². The number of hydrogen-bond donors (Lipinski definition) is 1. The molecule has 0 saturated carbocycles. The van der Waals surface area contributed by atoms with Gasteiger partial charge in [-0.25, -0.2) is 4.79 Å². The van der Waals surface area contributed by atoms with E-state index in [1.807, 2.05) is 30.3 Å². The Kier molecular flexibility index (Phi) is 5.59. The van der Waals surface area contributed by atoms with E-state index in [2.05, 4.69) is 0 Å². The third-order valence-corrected chi connectivity index (χ3v) is 5.29. The molecule has 0 aromatic heterocycles. The van der Waals surface area contributed by atoms with Gasteiger partial charge < -0.3 is 14.7 Å². The molecule has 3 aromatic rings. The zero-order chi connectivity index (χ0) is 22.0. The maximum Gasteiger partial charge on any atom is 0.417 e. The first kappa shape index (κ1) is 20.8. The number of nitrogens with zero attached hydrogens (tertiary/aromatic N) is 1. The first-order valence-corrected chi connectivity index (χ1v) is 9.80. The monoisotopic (exact) mass is 427 g/mol. The molecule has 3 aromatic carbocycles. The van der Waals surface area contributed by atoms with Crippen molar-refractivity contribution in [3.63, 3.8) is 0 Å². The second-order valence-corrected chi connectivity index (χ2v) is 7.42. The van der Waals surface area contributed by atoms with Crippen molar-refractivity contribution in [3.05, 3.63) is 89.5 Å². The van der Waals surface area contributed by atoms with E-state index < -0.39 is 23.9 Å². The Hall–Kier alpha value is -3.48. The van der Waals surface area contributed by atoms with E-state index in [-0.39, 0.29) is 18.7 Å². The molecule has 1 N–H and O–H groups in total. The molecule has 31 heavy (non-hydrogen) atoms. The van der Waals surface area contributed by atoms with Gasteiger partial charge in [0.2, 0.25) is 0 Å². The van der Waals surface area contributed by atoms with Crippen LogP contribution in [0.15, 0.2) is 72.8 Å². The van der Waals surface area contributed by atoms with E-state index in [0.717, 1.165) is 11.6 Å². The average molecular weight is 427 g/mol. The molecule has 160 valence electrons. The summed E-state index contributed by atoms with van der Waals surface area (Å²) in [7, 11) is 0. The Morgan fingerprint density at radius 3 is 2.35 bits per heavy atom. The quantitative estimate of drug-likeness (QED) is 0.555. The largest absolute Gasteiger partial charge is 0.488 e. The summed E-state index contributed by atoms with van der Waals surface area (Å²) in [5, 5.41) is 9.62. The fourth-order valence-corrected chi connectivity index (χ4v) is 3.91. The maximum absolute atomic E-state index is 13.5. The van der Waals surface area contributed by atoms with Crippen molar-refractivity contribution in [2.24, 2.45) is 0 Å². The van der Waals surface area contributed by atoms with Crippen molar-refractivity contribution >= 4 is 6.09 Å². The smallest absolute Gasteiger partial charge is 0.417 e. The second kappa shape index (κ2) is 8.34. The SMILES string of the molecule is O=C(O)N(Cc1ccccc1)CC1Cc2c(cccc2-c2ccccc2C(F)(F)F)O1. The van der Waals surface area contributed by atoms with Crippen LogP contribution in [-0.4, -0.2) is 28.7 Å². The van der Waals surface area contributed by atoms with E-state index in [4.69, 9.17) is 4.74 Å². The Morgan fingerprint density at radius 1 is 0.968 bits per heavy atom. The average Bonchev–Trinajstić information content (AvgIpc) is 3.16. The van der Waals surface area contributed by atoms with Crippen molar-refractivity contribution in [1.29, 1.82) is 0 Å². The lowest BCUT2D eigenvalue weighted by Crippen LogP contribution is -2.37. The van der Waals surface area contributed by atoms with Crippen LogP contribution < -0.4 is 4.74 Å². The highest BCUT2D eigenvalue weighted by Gasteiger charge is 2.35. The molecule has 1 unspecified atom stereocenters. The van der Waals surface area contributed by atoms with E-state index >= 15 is 0 Å². The second-order valence-electron chi connectivity index (χ2n) is 7.42. The Balaban J connectivity index is 1.59. The number of rotatable bonds is 5. The minimum Gasteiger partial charge on any atom is -0.488 e. The van der Waals surface area contributed by atoms with Crippen LogP contribution in [0, 0.1) is 0 Å². The molecule has 0 bridgehead atoms. The lowest BCUT2D eigenvalue weighted by Gasteiger charge is -2.22. The first-order chi connectivity index (χ1) is 14.8. The van der Waals surface area contributed by atoms with Gasteiger partial charge in [-0.05, 0) is 28.8 Å². The van der Waals surface area contributed by atoms with Gasteiger partial charge in [0.15, 0.2) is 0 Å². The molecule has 1 heterocycles. The summed E-state index contributed by atoms with van der Waals surface area (Å²) in [6.07, 6.45) is -5.70. The standard InChI is InChI=1S/C24H20F3NO3/c25-24(26,27)21-11-5-4-9-19(21)18-10-6-12-22-20(18)13-17(31-22)15-28(23(29)30)14-16-7-2-1-3-8-16/h1-12,17H,13-15H2,(H,29,30). The molecule has 1 aliphatic heterocycles. The lowest BCUT2D eigenvalue weighted by atomic mass is 9.93. The highest BCUT2D eigenvalue weighted by Crippen LogP contribution is 2.42. The van der Waals surface area contributed by atoms with Gasteiger partial charge >= 0.3 is 12.3 Å². The summed E-state index contributed by atoms with van der Waals surface area (Å²) in [5.74, 6) is 0.490. The maximum atomic E-state index is 13.5. The van der Waals surface area contributed by atoms with E-state index in [1.165, 1.54) is 17.0 Å². The van der Waals surface area contributed by atoms with Gasteiger partial charge in [-0.3, -0.25) is 0 Å². The Bertz CT molecular complexity index is 1080. The van der Waals surface area contributed by atoms with Gasteiger partial charge in [0.05, 0.1) is 12.1 Å². The van der Waals surface area contributed by atoms with Crippen LogP contribution in [0.1, 0.15) is 16.7 Å². The van der Waals surface area contributed by atoms with Gasteiger partial charge in [0.25, 0.3) is 0 Å². The van der Waals surface area contributed by atoms with Crippen LogP contribution in [-0.2, 0) is 19.1 Å². The van der Waals surface area contributed by atoms with Crippen LogP contribution in [0.5, 0.6) is 5.75 Å². The molecule has 0 aliphatic carbocycles. The fourth-order valence-electron chi connectivity index (χ4n) is 3.91. The van der Waals surface area contributed by atoms with Crippen LogP contribution in [0.4, 0.5) is 18.0 Å². The van der Waals surface area contributed by atoms with E-state index in [9.17, 15) is 23.1 Å². The zero-order valence-electron chi connectivity index (χ0n) is 16.5. The molecule has 7 heteroatoms. The van der Waals surface area contributed by atoms with Crippen LogP contribution >= 0.6 is 0 Å². The van der Waals surface area contributed by atoms with E-state index in [0.29, 0.717) is 23.3 Å². The summed E-state index contributed by atoms with van der Waals surface area (Å²) < 4.78 is 46.5. The third-order valence-electron chi connectivity index (χ3n) is 5.29. The molecular weight excluding hydrogens is 407 g/mol. The summed E-state index contributed by atoms with van der Waals surface area (Å²) in [6, 6.07) is 19.7. The van der Waals surface area contributed by atoms with Crippen molar-refractivity contribution in [1.82, 2.24) is 4.90 Å². The number of alkyl halides is 3. The number of amides is 1. The third kappa shape index (κ3) is 4.50. The van der Waals surface area contributed by atoms with Crippen LogP contribution in [0.25, 0.3) is 11.1 Å². The number of halogens is 3. The first-order valence-electron chi connectivity index (χ1n) is 9.80. The molecule has 0 spiro atoms. The topological polar surface area (TPSA) is 49.8 Å². The van der Waals surface area contributed by atoms with Crippen molar-refractivity contribution in [3.8, 4) is 16.9 Å². The molecule has 0 radical (unpaired) electrons. The van der Waals surface area contributed by atoms with Crippen molar-refractivity contribution in [2.75, 3.05) is 6.54 Å². The minimum absolute atomic E-state index is 0.0930. The Morgan fingerprint density at radius 2 is 1.65 bits per heavy atom. The number of carboxylic acid groups (broad SMARTS) is 1. The van der Waals surface area contributed by atoms with Crippen LogP contribution in [0.2, 0.25) is 0 Å². The van der Waals surface area contributed by atoms with Gasteiger partial charge in [-0.1, -0.05) is 60.7 Å². The predicted octanol–water partition coefficient (Wildman–Crippen LogP) is 5.86. The number of carbonyl (C=O) groups is 1. The highest BCUT2D eigenvalue weighted by atomic mass is 19.4. The van der Waals surface area contributed by atoms with E-state index in [1.54, 1.807) is 24.3 Å². The Labute approximate surface area is 177 Å². The molecule has 0 fully saturated rings. The van der Waals surface area contributed by atoms with Crippen molar-refractivity contribution in [2.45, 2.75) is 25.2 Å². The fraction of sp³-hybridized carbons (Fsp3) is 0.208. The predicted molar refractivity (Wildman–Crippen MR) is 110 cm³/mol. The molecule has 1 aliphatic rings. The number of benzene rings is 3. The minimum atomic E-state index is -4.48. The number of hydrogen-bond acceptors (Lipinski definition) is 2. The molecule has 4 rings (SSSR count).